The molecule has 16 heavy (non-hydrogen) atoms. The lowest BCUT2D eigenvalue weighted by atomic mass is 9.66. The predicted molar refractivity (Wildman–Crippen MR) is 69.6 cm³/mol. The molecule has 0 aromatic heterocycles. The molecule has 0 saturated heterocycles. The third-order valence-corrected chi connectivity index (χ3v) is 4.59. The van der Waals surface area contributed by atoms with Gasteiger partial charge < -0.3 is 10.6 Å². The first-order valence-corrected chi connectivity index (χ1v) is 7.33. The normalized spacial score (nSPS) is 39.4. The average molecular weight is 224 g/mol. The molecular formula is C14H28N2. The maximum atomic E-state index is 3.73. The van der Waals surface area contributed by atoms with E-state index in [-0.39, 0.29) is 0 Å². The highest BCUT2D eigenvalue weighted by molar-refractivity contribution is 4.96. The van der Waals surface area contributed by atoms with E-state index < -0.39 is 0 Å². The third kappa shape index (κ3) is 2.60. The molecule has 2 rings (SSSR count). The molecule has 2 atom stereocenters. The molecule has 0 radical (unpaired) electrons. The largest absolute Gasteiger partial charge is 0.314 e. The molecule has 0 spiro atoms. The SMILES string of the molecule is CCNC1CCCC2CCCC(NCC)C21. The fourth-order valence-electron chi connectivity index (χ4n) is 4.05. The van der Waals surface area contributed by atoms with Crippen LogP contribution in [-0.4, -0.2) is 25.2 Å². The van der Waals surface area contributed by atoms with Gasteiger partial charge in [-0.2, -0.15) is 0 Å². The molecule has 2 aliphatic carbocycles. The van der Waals surface area contributed by atoms with Crippen LogP contribution in [0.15, 0.2) is 0 Å². The Morgan fingerprint density at radius 2 is 1.31 bits per heavy atom. The second-order valence-corrected chi connectivity index (χ2v) is 5.53. The lowest BCUT2D eigenvalue weighted by molar-refractivity contribution is 0.0906. The van der Waals surface area contributed by atoms with Crippen LogP contribution < -0.4 is 10.6 Å². The molecule has 2 N–H and O–H groups in total. The van der Waals surface area contributed by atoms with Crippen LogP contribution in [0, 0.1) is 11.8 Å². The number of hydrogen-bond acceptors (Lipinski definition) is 2. The van der Waals surface area contributed by atoms with Gasteiger partial charge in [0.2, 0.25) is 0 Å². The molecule has 2 nitrogen and oxygen atoms in total. The van der Waals surface area contributed by atoms with Gasteiger partial charge >= 0.3 is 0 Å². The van der Waals surface area contributed by atoms with Gasteiger partial charge in [-0.15, -0.1) is 0 Å². The Kier molecular flexibility index (Phi) is 4.66. The second-order valence-electron chi connectivity index (χ2n) is 5.53. The van der Waals surface area contributed by atoms with E-state index in [1.54, 1.807) is 0 Å². The first-order valence-electron chi connectivity index (χ1n) is 7.33. The zero-order chi connectivity index (χ0) is 11.4. The quantitative estimate of drug-likeness (QED) is 0.767. The lowest BCUT2D eigenvalue weighted by Gasteiger charge is -2.46. The van der Waals surface area contributed by atoms with E-state index in [1.807, 2.05) is 0 Å². The maximum Gasteiger partial charge on any atom is 0.0113 e. The van der Waals surface area contributed by atoms with Crippen LogP contribution in [0.25, 0.3) is 0 Å². The fourth-order valence-corrected chi connectivity index (χ4v) is 4.05. The van der Waals surface area contributed by atoms with E-state index in [1.165, 1.54) is 38.5 Å². The van der Waals surface area contributed by atoms with Crippen LogP contribution in [0.2, 0.25) is 0 Å². The topological polar surface area (TPSA) is 24.1 Å². The smallest absolute Gasteiger partial charge is 0.0113 e. The Balaban J connectivity index is 2.03. The van der Waals surface area contributed by atoms with Crippen molar-refractivity contribution in [3.05, 3.63) is 0 Å². The zero-order valence-corrected chi connectivity index (χ0v) is 11.0. The predicted octanol–water partition coefficient (Wildman–Crippen LogP) is 2.54. The first-order chi connectivity index (χ1) is 7.86. The summed E-state index contributed by atoms with van der Waals surface area (Å²) in [5.74, 6) is 1.90. The Labute approximate surface area is 101 Å². The molecular weight excluding hydrogens is 196 g/mol. The molecule has 94 valence electrons. The maximum absolute atomic E-state index is 3.73. The van der Waals surface area contributed by atoms with Crippen molar-refractivity contribution in [1.29, 1.82) is 0 Å². The van der Waals surface area contributed by atoms with Crippen LogP contribution in [0.3, 0.4) is 0 Å². The van der Waals surface area contributed by atoms with Gasteiger partial charge in [-0.05, 0) is 37.8 Å². The van der Waals surface area contributed by atoms with Gasteiger partial charge in [-0.1, -0.05) is 39.5 Å². The van der Waals surface area contributed by atoms with Crippen LogP contribution in [0.5, 0.6) is 0 Å². The Morgan fingerprint density at radius 1 is 0.812 bits per heavy atom. The Bertz CT molecular complexity index is 181. The summed E-state index contributed by atoms with van der Waals surface area (Å²) in [7, 11) is 0. The monoisotopic (exact) mass is 224 g/mol. The van der Waals surface area contributed by atoms with Crippen LogP contribution in [-0.2, 0) is 0 Å². The first kappa shape index (κ1) is 12.4. The van der Waals surface area contributed by atoms with Crippen LogP contribution in [0.1, 0.15) is 52.4 Å². The van der Waals surface area contributed by atoms with Gasteiger partial charge in [-0.25, -0.2) is 0 Å². The molecule has 0 aromatic carbocycles. The summed E-state index contributed by atoms with van der Waals surface area (Å²) in [6.45, 7) is 6.75. The van der Waals surface area contributed by atoms with Crippen molar-refractivity contribution < 1.29 is 0 Å². The minimum absolute atomic E-state index is 0.785. The highest BCUT2D eigenvalue weighted by Gasteiger charge is 2.39. The molecule has 2 aliphatic rings. The van der Waals surface area contributed by atoms with Crippen molar-refractivity contribution in [3.63, 3.8) is 0 Å². The molecule has 0 aromatic rings. The minimum atomic E-state index is 0.785. The van der Waals surface area contributed by atoms with Gasteiger partial charge in [0.15, 0.2) is 0 Å². The number of fused-ring (bicyclic) bond motifs is 1. The number of rotatable bonds is 4. The summed E-state index contributed by atoms with van der Waals surface area (Å²) < 4.78 is 0. The molecule has 0 heterocycles. The van der Waals surface area contributed by atoms with E-state index in [2.05, 4.69) is 24.5 Å². The van der Waals surface area contributed by atoms with Crippen LogP contribution >= 0.6 is 0 Å². The van der Waals surface area contributed by atoms with E-state index in [9.17, 15) is 0 Å². The van der Waals surface area contributed by atoms with E-state index >= 15 is 0 Å². The highest BCUT2D eigenvalue weighted by atomic mass is 15.0. The number of hydrogen-bond donors (Lipinski definition) is 2. The van der Waals surface area contributed by atoms with Crippen molar-refractivity contribution >= 4 is 0 Å². The van der Waals surface area contributed by atoms with Crippen molar-refractivity contribution in [2.24, 2.45) is 11.8 Å². The molecule has 0 aliphatic heterocycles. The number of nitrogens with one attached hydrogen (secondary N) is 2. The summed E-state index contributed by atoms with van der Waals surface area (Å²) in [6, 6.07) is 1.57. The van der Waals surface area contributed by atoms with E-state index in [0.29, 0.717) is 0 Å². The Morgan fingerprint density at radius 3 is 1.75 bits per heavy atom. The van der Waals surface area contributed by atoms with Gasteiger partial charge in [0.05, 0.1) is 0 Å². The van der Waals surface area contributed by atoms with Crippen molar-refractivity contribution in [2.75, 3.05) is 13.1 Å². The summed E-state index contributed by atoms with van der Waals surface area (Å²) in [5.41, 5.74) is 0. The second kappa shape index (κ2) is 6.02. The molecule has 0 bridgehead atoms. The molecule has 0 amide bonds. The third-order valence-electron chi connectivity index (χ3n) is 4.59. The summed E-state index contributed by atoms with van der Waals surface area (Å²) in [4.78, 5) is 0. The van der Waals surface area contributed by atoms with Crippen molar-refractivity contribution in [1.82, 2.24) is 10.6 Å². The molecule has 2 fully saturated rings. The van der Waals surface area contributed by atoms with Gasteiger partial charge in [-0.3, -0.25) is 0 Å². The standard InChI is InChI=1S/C14H28N2/c1-3-15-12-9-5-7-11-8-6-10-13(14(11)12)16-4-2/h11-16H,3-10H2,1-2H3. The summed E-state index contributed by atoms with van der Waals surface area (Å²) >= 11 is 0. The molecule has 2 saturated carbocycles. The summed E-state index contributed by atoms with van der Waals surface area (Å²) in [6.07, 6.45) is 8.64. The van der Waals surface area contributed by atoms with Gasteiger partial charge in [0.25, 0.3) is 0 Å². The lowest BCUT2D eigenvalue weighted by Crippen LogP contribution is -2.54. The van der Waals surface area contributed by atoms with E-state index in [0.717, 1.165) is 37.0 Å². The zero-order valence-electron chi connectivity index (χ0n) is 11.0. The fraction of sp³-hybridized carbons (Fsp3) is 1.00. The van der Waals surface area contributed by atoms with Gasteiger partial charge in [0, 0.05) is 12.1 Å². The summed E-state index contributed by atoms with van der Waals surface area (Å²) in [5, 5.41) is 7.46. The Hall–Kier alpha value is -0.0800. The van der Waals surface area contributed by atoms with Crippen molar-refractivity contribution in [3.8, 4) is 0 Å². The molecule has 2 unspecified atom stereocenters. The average Bonchev–Trinajstić information content (AvgIpc) is 2.30. The van der Waals surface area contributed by atoms with Crippen molar-refractivity contribution in [2.45, 2.75) is 64.5 Å². The minimum Gasteiger partial charge on any atom is -0.314 e. The molecule has 2 heteroatoms. The highest BCUT2D eigenvalue weighted by Crippen LogP contribution is 2.40. The van der Waals surface area contributed by atoms with Gasteiger partial charge in [0.1, 0.15) is 0 Å². The van der Waals surface area contributed by atoms with Crippen LogP contribution in [0.4, 0.5) is 0 Å². The van der Waals surface area contributed by atoms with E-state index in [4.69, 9.17) is 0 Å².